The molecule has 0 radical (unpaired) electrons. The van der Waals surface area contributed by atoms with E-state index >= 15 is 0 Å². The fourth-order valence-corrected chi connectivity index (χ4v) is 3.11. The van der Waals surface area contributed by atoms with Crippen LogP contribution in [0.1, 0.15) is 18.1 Å². The predicted octanol–water partition coefficient (Wildman–Crippen LogP) is 5.09. The van der Waals surface area contributed by atoms with Gasteiger partial charge in [0, 0.05) is 5.69 Å². The minimum Gasteiger partial charge on any atom is -0.507 e. The van der Waals surface area contributed by atoms with E-state index in [-0.39, 0.29) is 24.2 Å². The summed E-state index contributed by atoms with van der Waals surface area (Å²) >= 11 is 0. The molecule has 2 N–H and O–H groups in total. The average molecular weight is 402 g/mol. The number of nitrogens with zero attached hydrogens (tertiary/aromatic N) is 1. The minimum atomic E-state index is -0.306. The number of amides is 1. The Labute approximate surface area is 174 Å². The third-order valence-corrected chi connectivity index (χ3v) is 4.76. The van der Waals surface area contributed by atoms with E-state index in [4.69, 9.17) is 9.15 Å². The van der Waals surface area contributed by atoms with Crippen LogP contribution in [0, 0.1) is 6.92 Å². The normalized spacial score (nSPS) is 10.9. The predicted molar refractivity (Wildman–Crippen MR) is 116 cm³/mol. The van der Waals surface area contributed by atoms with Gasteiger partial charge in [0.2, 0.25) is 5.89 Å². The number of nitrogens with one attached hydrogen (secondary N) is 1. The number of rotatable bonds is 6. The summed E-state index contributed by atoms with van der Waals surface area (Å²) in [5.41, 5.74) is 4.52. The van der Waals surface area contributed by atoms with Gasteiger partial charge in [-0.25, -0.2) is 4.98 Å². The van der Waals surface area contributed by atoms with E-state index in [9.17, 15) is 9.90 Å². The van der Waals surface area contributed by atoms with Gasteiger partial charge in [-0.3, -0.25) is 4.79 Å². The van der Waals surface area contributed by atoms with Crippen LogP contribution in [0.3, 0.4) is 0 Å². The van der Waals surface area contributed by atoms with Crippen molar-refractivity contribution < 1.29 is 19.1 Å². The SMILES string of the molecule is CCc1ccc(OCC(=O)Nc2ccc(O)c(-c3nc4cc(C)ccc4o3)c2)cc1. The molecule has 6 nitrogen and oxygen atoms in total. The molecule has 1 heterocycles. The molecule has 4 rings (SSSR count). The summed E-state index contributed by atoms with van der Waals surface area (Å²) in [6, 6.07) is 18.1. The van der Waals surface area contributed by atoms with E-state index in [2.05, 4.69) is 17.2 Å². The highest BCUT2D eigenvalue weighted by atomic mass is 16.5. The highest BCUT2D eigenvalue weighted by molar-refractivity contribution is 5.93. The molecule has 0 spiro atoms. The van der Waals surface area contributed by atoms with Crippen molar-refractivity contribution in [2.45, 2.75) is 20.3 Å². The molecule has 0 saturated carbocycles. The smallest absolute Gasteiger partial charge is 0.262 e. The lowest BCUT2D eigenvalue weighted by atomic mass is 10.1. The number of anilines is 1. The average Bonchev–Trinajstić information content (AvgIpc) is 3.17. The quantitative estimate of drug-likeness (QED) is 0.439. The van der Waals surface area contributed by atoms with Crippen molar-refractivity contribution in [1.82, 2.24) is 4.98 Å². The standard InChI is InChI=1S/C24H22N2O4/c1-3-16-5-8-18(9-6-16)29-14-23(28)25-17-7-10-21(27)19(13-17)24-26-20-12-15(2)4-11-22(20)30-24/h4-13,27H,3,14H2,1-2H3,(H,25,28). The number of hydrogen-bond donors (Lipinski definition) is 2. The summed E-state index contributed by atoms with van der Waals surface area (Å²) in [5.74, 6) is 0.634. The third-order valence-electron chi connectivity index (χ3n) is 4.76. The second kappa shape index (κ2) is 8.29. The zero-order chi connectivity index (χ0) is 21.1. The molecule has 30 heavy (non-hydrogen) atoms. The Morgan fingerprint density at radius 1 is 1.10 bits per heavy atom. The first-order chi connectivity index (χ1) is 14.5. The van der Waals surface area contributed by atoms with E-state index in [0.29, 0.717) is 28.1 Å². The van der Waals surface area contributed by atoms with Crippen LogP contribution >= 0.6 is 0 Å². The number of phenols is 1. The molecule has 1 amide bonds. The van der Waals surface area contributed by atoms with Crippen LogP contribution in [0.2, 0.25) is 0 Å². The van der Waals surface area contributed by atoms with Crippen molar-refractivity contribution in [3.8, 4) is 23.0 Å². The molecule has 0 aliphatic heterocycles. The molecule has 3 aromatic carbocycles. The number of aromatic hydroxyl groups is 1. The zero-order valence-electron chi connectivity index (χ0n) is 16.8. The molecule has 1 aromatic heterocycles. The number of phenolic OH excluding ortho intramolecular Hbond substituents is 1. The van der Waals surface area contributed by atoms with Crippen LogP contribution in [-0.2, 0) is 11.2 Å². The van der Waals surface area contributed by atoms with Crippen molar-refractivity contribution in [2.75, 3.05) is 11.9 Å². The molecule has 0 atom stereocenters. The fourth-order valence-electron chi connectivity index (χ4n) is 3.11. The van der Waals surface area contributed by atoms with Crippen LogP contribution in [0.15, 0.2) is 65.1 Å². The van der Waals surface area contributed by atoms with Gasteiger partial charge in [-0.15, -0.1) is 0 Å². The first-order valence-electron chi connectivity index (χ1n) is 9.74. The number of aromatic nitrogens is 1. The Hall–Kier alpha value is -3.80. The first-order valence-corrected chi connectivity index (χ1v) is 9.74. The summed E-state index contributed by atoms with van der Waals surface area (Å²) in [6.07, 6.45) is 0.948. The first kappa shape index (κ1) is 19.5. The van der Waals surface area contributed by atoms with Crippen LogP contribution in [0.25, 0.3) is 22.6 Å². The molecule has 0 fully saturated rings. The summed E-state index contributed by atoms with van der Waals surface area (Å²) in [6.45, 7) is 3.93. The van der Waals surface area contributed by atoms with Gasteiger partial charge >= 0.3 is 0 Å². The van der Waals surface area contributed by atoms with E-state index in [0.717, 1.165) is 12.0 Å². The van der Waals surface area contributed by atoms with Crippen molar-refractivity contribution in [3.05, 3.63) is 71.8 Å². The second-order valence-electron chi connectivity index (χ2n) is 7.06. The van der Waals surface area contributed by atoms with E-state index in [1.807, 2.05) is 49.4 Å². The zero-order valence-corrected chi connectivity index (χ0v) is 16.8. The molecule has 0 bridgehead atoms. The van der Waals surface area contributed by atoms with Gasteiger partial charge in [-0.1, -0.05) is 25.1 Å². The summed E-state index contributed by atoms with van der Waals surface area (Å²) in [4.78, 5) is 16.7. The third kappa shape index (κ3) is 4.27. The number of benzene rings is 3. The highest BCUT2D eigenvalue weighted by Crippen LogP contribution is 2.33. The van der Waals surface area contributed by atoms with Crippen molar-refractivity contribution in [2.24, 2.45) is 0 Å². The van der Waals surface area contributed by atoms with Gasteiger partial charge < -0.3 is 19.6 Å². The number of carbonyl (C=O) groups excluding carboxylic acids is 1. The molecule has 6 heteroatoms. The number of carbonyl (C=O) groups is 1. The van der Waals surface area contributed by atoms with Gasteiger partial charge in [0.1, 0.15) is 17.0 Å². The van der Waals surface area contributed by atoms with Crippen LogP contribution < -0.4 is 10.1 Å². The van der Waals surface area contributed by atoms with Crippen LogP contribution in [0.5, 0.6) is 11.5 Å². The number of aryl methyl sites for hydroxylation is 2. The molecular weight excluding hydrogens is 380 g/mol. The van der Waals surface area contributed by atoms with Crippen molar-refractivity contribution >= 4 is 22.7 Å². The second-order valence-corrected chi connectivity index (χ2v) is 7.06. The number of hydrogen-bond acceptors (Lipinski definition) is 5. The van der Waals surface area contributed by atoms with Crippen molar-refractivity contribution in [3.63, 3.8) is 0 Å². The highest BCUT2D eigenvalue weighted by Gasteiger charge is 2.14. The maximum absolute atomic E-state index is 12.3. The molecular formula is C24H22N2O4. The fraction of sp³-hybridized carbons (Fsp3) is 0.167. The molecule has 152 valence electrons. The summed E-state index contributed by atoms with van der Waals surface area (Å²) < 4.78 is 11.3. The van der Waals surface area contributed by atoms with Crippen molar-refractivity contribution in [1.29, 1.82) is 0 Å². The Bertz CT molecular complexity index is 1200. The molecule has 4 aromatic rings. The maximum atomic E-state index is 12.3. The van der Waals surface area contributed by atoms with Gasteiger partial charge in [0.05, 0.1) is 5.56 Å². The largest absolute Gasteiger partial charge is 0.507 e. The topological polar surface area (TPSA) is 84.6 Å². The maximum Gasteiger partial charge on any atom is 0.262 e. The van der Waals surface area contributed by atoms with Gasteiger partial charge in [0.15, 0.2) is 12.2 Å². The Kier molecular flexibility index (Phi) is 5.39. The van der Waals surface area contributed by atoms with E-state index in [1.54, 1.807) is 12.1 Å². The Balaban J connectivity index is 1.47. The summed E-state index contributed by atoms with van der Waals surface area (Å²) in [5, 5.41) is 13.0. The number of oxazole rings is 1. The monoisotopic (exact) mass is 402 g/mol. The van der Waals surface area contributed by atoms with E-state index in [1.165, 1.54) is 11.6 Å². The summed E-state index contributed by atoms with van der Waals surface area (Å²) in [7, 11) is 0. The molecule has 0 aliphatic rings. The van der Waals surface area contributed by atoms with E-state index < -0.39 is 0 Å². The number of ether oxygens (including phenoxy) is 1. The van der Waals surface area contributed by atoms with Gasteiger partial charge in [0.25, 0.3) is 5.91 Å². The number of fused-ring (bicyclic) bond motifs is 1. The molecule has 0 aliphatic carbocycles. The molecule has 0 unspecified atom stereocenters. The minimum absolute atomic E-state index is 0.0172. The molecule has 0 saturated heterocycles. The Morgan fingerprint density at radius 3 is 2.67 bits per heavy atom. The van der Waals surface area contributed by atoms with Gasteiger partial charge in [-0.05, 0) is 66.9 Å². The Morgan fingerprint density at radius 2 is 1.90 bits per heavy atom. The van der Waals surface area contributed by atoms with Gasteiger partial charge in [-0.2, -0.15) is 0 Å². The van der Waals surface area contributed by atoms with Crippen LogP contribution in [-0.4, -0.2) is 22.6 Å². The lowest BCUT2D eigenvalue weighted by Crippen LogP contribution is -2.20. The lowest BCUT2D eigenvalue weighted by molar-refractivity contribution is -0.118. The lowest BCUT2D eigenvalue weighted by Gasteiger charge is -2.09. The van der Waals surface area contributed by atoms with Crippen LogP contribution in [0.4, 0.5) is 5.69 Å².